The Balaban J connectivity index is 1.91. The van der Waals surface area contributed by atoms with Crippen molar-refractivity contribution >= 4 is 23.3 Å². The lowest BCUT2D eigenvalue weighted by molar-refractivity contribution is -0.152. The van der Waals surface area contributed by atoms with Crippen LogP contribution in [0.1, 0.15) is 35.3 Å². The maximum atomic E-state index is 12.2. The van der Waals surface area contributed by atoms with Crippen LogP contribution >= 0.6 is 0 Å². The number of carbonyl (C=O) groups is 3. The van der Waals surface area contributed by atoms with Crippen molar-refractivity contribution in [3.63, 3.8) is 0 Å². The van der Waals surface area contributed by atoms with Crippen molar-refractivity contribution in [1.82, 2.24) is 0 Å². The third-order valence-corrected chi connectivity index (χ3v) is 3.68. The Bertz CT molecular complexity index is 781. The highest BCUT2D eigenvalue weighted by Gasteiger charge is 2.18. The van der Waals surface area contributed by atoms with E-state index in [-0.39, 0.29) is 12.2 Å². The van der Waals surface area contributed by atoms with Crippen LogP contribution in [0.5, 0.6) is 0 Å². The Morgan fingerprint density at radius 2 is 1.76 bits per heavy atom. The van der Waals surface area contributed by atoms with Gasteiger partial charge in [-0.1, -0.05) is 42.0 Å². The number of benzene rings is 2. The fraction of sp³-hybridized carbons (Fsp3) is 0.250. The highest BCUT2D eigenvalue weighted by Crippen LogP contribution is 2.12. The van der Waals surface area contributed by atoms with Gasteiger partial charge in [-0.2, -0.15) is 0 Å². The largest absolute Gasteiger partial charge is 0.452 e. The minimum absolute atomic E-state index is 0.0892. The summed E-state index contributed by atoms with van der Waals surface area (Å²) in [6, 6.07) is 14.2. The molecule has 0 aromatic heterocycles. The molecule has 0 radical (unpaired) electrons. The summed E-state index contributed by atoms with van der Waals surface area (Å²) < 4.78 is 5.18. The van der Waals surface area contributed by atoms with Crippen LogP contribution in [0.15, 0.2) is 48.5 Å². The number of hydrogen-bond donors (Lipinski definition) is 1. The molecule has 1 amide bonds. The fourth-order valence-corrected chi connectivity index (χ4v) is 2.22. The first-order valence-corrected chi connectivity index (χ1v) is 8.02. The highest BCUT2D eigenvalue weighted by atomic mass is 16.5. The van der Waals surface area contributed by atoms with E-state index in [1.165, 1.54) is 13.8 Å². The van der Waals surface area contributed by atoms with Gasteiger partial charge in [-0.3, -0.25) is 14.4 Å². The van der Waals surface area contributed by atoms with Crippen LogP contribution in [0.3, 0.4) is 0 Å². The first kappa shape index (κ1) is 18.4. The average Bonchev–Trinajstić information content (AvgIpc) is 2.57. The van der Waals surface area contributed by atoms with E-state index >= 15 is 0 Å². The van der Waals surface area contributed by atoms with Gasteiger partial charge in [0.2, 0.25) is 0 Å². The van der Waals surface area contributed by atoms with Crippen molar-refractivity contribution < 1.29 is 19.1 Å². The summed E-state index contributed by atoms with van der Waals surface area (Å²) in [7, 11) is 0. The number of carbonyl (C=O) groups excluding carboxylic acids is 3. The monoisotopic (exact) mass is 339 g/mol. The standard InChI is InChI=1S/C20H21NO4/c1-13-7-9-16(10-8-13)11-19(23)25-15(3)20(24)21-18-6-4-5-17(12-18)14(2)22/h4-10,12,15H,11H2,1-3H3,(H,21,24)/t15-/m0/s1. The predicted octanol–water partition coefficient (Wildman–Crippen LogP) is 3.31. The van der Waals surface area contributed by atoms with E-state index in [0.717, 1.165) is 11.1 Å². The number of ether oxygens (including phenoxy) is 1. The minimum atomic E-state index is -0.932. The normalized spacial score (nSPS) is 11.5. The molecule has 1 atom stereocenters. The molecule has 130 valence electrons. The summed E-state index contributed by atoms with van der Waals surface area (Å²) in [5.74, 6) is -1.00. The van der Waals surface area contributed by atoms with Crippen molar-refractivity contribution in [3.05, 3.63) is 65.2 Å². The molecule has 2 aromatic rings. The quantitative estimate of drug-likeness (QED) is 0.647. The number of amides is 1. The lowest BCUT2D eigenvalue weighted by atomic mass is 10.1. The van der Waals surface area contributed by atoms with Crippen molar-refractivity contribution in [2.75, 3.05) is 5.32 Å². The summed E-state index contributed by atoms with van der Waals surface area (Å²) in [4.78, 5) is 35.5. The lowest BCUT2D eigenvalue weighted by Crippen LogP contribution is -2.30. The molecule has 25 heavy (non-hydrogen) atoms. The molecule has 5 nitrogen and oxygen atoms in total. The fourth-order valence-electron chi connectivity index (χ4n) is 2.22. The molecule has 2 aromatic carbocycles. The zero-order valence-corrected chi connectivity index (χ0v) is 14.5. The third-order valence-electron chi connectivity index (χ3n) is 3.68. The summed E-state index contributed by atoms with van der Waals surface area (Å²) >= 11 is 0. The topological polar surface area (TPSA) is 72.5 Å². The van der Waals surface area contributed by atoms with Crippen molar-refractivity contribution in [3.8, 4) is 0 Å². The molecular weight excluding hydrogens is 318 g/mol. The number of hydrogen-bond acceptors (Lipinski definition) is 4. The molecule has 0 heterocycles. The zero-order chi connectivity index (χ0) is 18.4. The Labute approximate surface area is 147 Å². The van der Waals surface area contributed by atoms with Gasteiger partial charge in [0, 0.05) is 11.3 Å². The number of nitrogens with one attached hydrogen (secondary N) is 1. The van der Waals surface area contributed by atoms with Gasteiger partial charge in [0.05, 0.1) is 6.42 Å². The van der Waals surface area contributed by atoms with Gasteiger partial charge in [0.1, 0.15) is 0 Å². The second-order valence-electron chi connectivity index (χ2n) is 5.92. The van der Waals surface area contributed by atoms with Crippen molar-refractivity contribution in [1.29, 1.82) is 0 Å². The first-order chi connectivity index (χ1) is 11.8. The molecule has 0 spiro atoms. The van der Waals surface area contributed by atoms with Crippen LogP contribution in [-0.4, -0.2) is 23.8 Å². The Morgan fingerprint density at radius 3 is 2.40 bits per heavy atom. The van der Waals surface area contributed by atoms with E-state index < -0.39 is 18.0 Å². The number of ketones is 1. The molecule has 0 saturated heterocycles. The van der Waals surface area contributed by atoms with Gasteiger partial charge < -0.3 is 10.1 Å². The molecular formula is C20H21NO4. The third kappa shape index (κ3) is 5.57. The van der Waals surface area contributed by atoms with Crippen LogP contribution in [0.25, 0.3) is 0 Å². The summed E-state index contributed by atoms with van der Waals surface area (Å²) in [5.41, 5.74) is 2.93. The van der Waals surface area contributed by atoms with Crippen LogP contribution in [0.4, 0.5) is 5.69 Å². The Kier molecular flexibility index (Phi) is 6.06. The van der Waals surface area contributed by atoms with E-state index in [1.807, 2.05) is 31.2 Å². The van der Waals surface area contributed by atoms with Gasteiger partial charge in [-0.05, 0) is 38.5 Å². The van der Waals surface area contributed by atoms with E-state index in [9.17, 15) is 14.4 Å². The number of anilines is 1. The Morgan fingerprint density at radius 1 is 1.08 bits per heavy atom. The lowest BCUT2D eigenvalue weighted by Gasteiger charge is -2.14. The van der Waals surface area contributed by atoms with E-state index in [1.54, 1.807) is 24.3 Å². The molecule has 0 saturated carbocycles. The molecule has 0 fully saturated rings. The summed E-state index contributed by atoms with van der Waals surface area (Å²) in [5, 5.41) is 2.65. The van der Waals surface area contributed by atoms with E-state index in [0.29, 0.717) is 11.3 Å². The number of Topliss-reactive ketones (excluding diaryl/α,β-unsaturated/α-hetero) is 1. The van der Waals surface area contributed by atoms with Crippen LogP contribution < -0.4 is 5.32 Å². The van der Waals surface area contributed by atoms with Crippen LogP contribution in [0, 0.1) is 6.92 Å². The molecule has 0 unspecified atom stereocenters. The Hall–Kier alpha value is -2.95. The van der Waals surface area contributed by atoms with Gasteiger partial charge in [0.15, 0.2) is 11.9 Å². The summed E-state index contributed by atoms with van der Waals surface area (Å²) in [6.07, 6.45) is -0.823. The number of aryl methyl sites for hydroxylation is 1. The van der Waals surface area contributed by atoms with E-state index in [4.69, 9.17) is 4.74 Å². The second-order valence-corrected chi connectivity index (χ2v) is 5.92. The molecule has 0 bridgehead atoms. The van der Waals surface area contributed by atoms with Gasteiger partial charge in [-0.15, -0.1) is 0 Å². The smallest absolute Gasteiger partial charge is 0.311 e. The maximum absolute atomic E-state index is 12.2. The van der Waals surface area contributed by atoms with Crippen molar-refractivity contribution in [2.24, 2.45) is 0 Å². The molecule has 2 rings (SSSR count). The van der Waals surface area contributed by atoms with Gasteiger partial charge in [-0.25, -0.2) is 0 Å². The molecule has 0 aliphatic carbocycles. The number of rotatable bonds is 6. The van der Waals surface area contributed by atoms with Gasteiger partial charge in [0.25, 0.3) is 5.91 Å². The molecule has 1 N–H and O–H groups in total. The molecule has 0 aliphatic rings. The maximum Gasteiger partial charge on any atom is 0.311 e. The first-order valence-electron chi connectivity index (χ1n) is 8.02. The summed E-state index contributed by atoms with van der Waals surface area (Å²) in [6.45, 7) is 4.93. The van der Waals surface area contributed by atoms with Crippen LogP contribution in [-0.2, 0) is 20.7 Å². The van der Waals surface area contributed by atoms with Gasteiger partial charge >= 0.3 is 5.97 Å². The van der Waals surface area contributed by atoms with Crippen LogP contribution in [0.2, 0.25) is 0 Å². The molecule has 5 heteroatoms. The average molecular weight is 339 g/mol. The second kappa shape index (κ2) is 8.24. The SMILES string of the molecule is CC(=O)c1cccc(NC(=O)[C@H](C)OC(=O)Cc2ccc(C)cc2)c1. The zero-order valence-electron chi connectivity index (χ0n) is 14.5. The molecule has 0 aliphatic heterocycles. The number of esters is 1. The van der Waals surface area contributed by atoms with Crippen molar-refractivity contribution in [2.45, 2.75) is 33.3 Å². The predicted molar refractivity (Wildman–Crippen MR) is 95.5 cm³/mol. The van der Waals surface area contributed by atoms with E-state index in [2.05, 4.69) is 5.32 Å². The minimum Gasteiger partial charge on any atom is -0.452 e. The highest BCUT2D eigenvalue weighted by molar-refractivity contribution is 5.98.